The summed E-state index contributed by atoms with van der Waals surface area (Å²) in [6.07, 6.45) is 3.22. The highest BCUT2D eigenvalue weighted by molar-refractivity contribution is 7.15. The first-order valence-electron chi connectivity index (χ1n) is 5.54. The lowest BCUT2D eigenvalue weighted by molar-refractivity contribution is 0.102. The molecule has 0 saturated carbocycles. The summed E-state index contributed by atoms with van der Waals surface area (Å²) in [4.78, 5) is 15.7. The van der Waals surface area contributed by atoms with Gasteiger partial charge in [-0.2, -0.15) is 0 Å². The van der Waals surface area contributed by atoms with E-state index in [2.05, 4.69) is 20.5 Å². The Labute approximate surface area is 108 Å². The van der Waals surface area contributed by atoms with Crippen LogP contribution in [0.15, 0.2) is 24.4 Å². The Kier molecular flexibility index (Phi) is 4.32. The highest BCUT2D eigenvalue weighted by atomic mass is 32.1. The van der Waals surface area contributed by atoms with Crippen molar-refractivity contribution in [2.45, 2.75) is 12.8 Å². The molecule has 7 heteroatoms. The van der Waals surface area contributed by atoms with Crippen molar-refractivity contribution < 1.29 is 4.79 Å². The Balaban J connectivity index is 1.97. The summed E-state index contributed by atoms with van der Waals surface area (Å²) >= 11 is 1.36. The van der Waals surface area contributed by atoms with E-state index in [1.165, 1.54) is 11.3 Å². The number of nitrogens with zero attached hydrogens (tertiary/aromatic N) is 3. The number of nitrogens with one attached hydrogen (secondary N) is 1. The lowest BCUT2D eigenvalue weighted by atomic mass is 10.3. The molecule has 18 heavy (non-hydrogen) atoms. The molecule has 0 radical (unpaired) electrons. The summed E-state index contributed by atoms with van der Waals surface area (Å²) in [5.41, 5.74) is 5.78. The average Bonchev–Trinajstić information content (AvgIpc) is 2.85. The van der Waals surface area contributed by atoms with Crippen molar-refractivity contribution in [2.75, 3.05) is 11.9 Å². The van der Waals surface area contributed by atoms with Crippen LogP contribution >= 0.6 is 11.3 Å². The summed E-state index contributed by atoms with van der Waals surface area (Å²) in [6.45, 7) is 0.620. The molecule has 0 atom stereocenters. The molecule has 0 fully saturated rings. The second-order valence-electron chi connectivity index (χ2n) is 3.56. The minimum atomic E-state index is -0.280. The number of carbonyl (C=O) groups excluding carboxylic acids is 1. The van der Waals surface area contributed by atoms with Crippen molar-refractivity contribution in [3.63, 3.8) is 0 Å². The Hall–Kier alpha value is -1.86. The van der Waals surface area contributed by atoms with Crippen molar-refractivity contribution in [3.05, 3.63) is 35.1 Å². The van der Waals surface area contributed by atoms with Crippen molar-refractivity contribution in [1.82, 2.24) is 15.2 Å². The fraction of sp³-hybridized carbons (Fsp3) is 0.273. The molecule has 0 unspecified atom stereocenters. The molecule has 0 aliphatic rings. The minimum absolute atomic E-state index is 0.280. The summed E-state index contributed by atoms with van der Waals surface area (Å²) in [6, 6.07) is 5.16. The molecule has 2 aromatic rings. The number of anilines is 1. The zero-order chi connectivity index (χ0) is 12.8. The van der Waals surface area contributed by atoms with Gasteiger partial charge in [-0.05, 0) is 25.1 Å². The van der Waals surface area contributed by atoms with E-state index in [1.807, 2.05) is 0 Å². The zero-order valence-electron chi connectivity index (χ0n) is 9.67. The van der Waals surface area contributed by atoms with Gasteiger partial charge in [0.15, 0.2) is 0 Å². The Morgan fingerprint density at radius 3 is 3.00 bits per heavy atom. The second-order valence-corrected chi connectivity index (χ2v) is 4.62. The van der Waals surface area contributed by atoms with Gasteiger partial charge in [0.25, 0.3) is 5.91 Å². The zero-order valence-corrected chi connectivity index (χ0v) is 10.5. The molecule has 2 heterocycles. The predicted molar refractivity (Wildman–Crippen MR) is 69.5 cm³/mol. The van der Waals surface area contributed by atoms with Crippen molar-refractivity contribution in [3.8, 4) is 0 Å². The maximum absolute atomic E-state index is 11.8. The molecule has 94 valence electrons. The highest BCUT2D eigenvalue weighted by Crippen LogP contribution is 2.16. The molecule has 0 aliphatic carbocycles. The number of nitrogens with two attached hydrogens (primary N) is 1. The average molecular weight is 263 g/mol. The highest BCUT2D eigenvalue weighted by Gasteiger charge is 2.10. The van der Waals surface area contributed by atoms with E-state index in [4.69, 9.17) is 5.73 Å². The van der Waals surface area contributed by atoms with E-state index >= 15 is 0 Å². The van der Waals surface area contributed by atoms with E-state index in [1.54, 1.807) is 24.4 Å². The second kappa shape index (κ2) is 6.18. The van der Waals surface area contributed by atoms with Gasteiger partial charge in [0, 0.05) is 12.6 Å². The normalized spacial score (nSPS) is 10.3. The van der Waals surface area contributed by atoms with E-state index in [0.29, 0.717) is 17.4 Å². The SMILES string of the molecule is NCCCc1nnc(NC(=O)c2ccccn2)s1. The Bertz CT molecular complexity index is 513. The van der Waals surface area contributed by atoms with Crippen LogP contribution in [0.2, 0.25) is 0 Å². The largest absolute Gasteiger partial charge is 0.330 e. The summed E-state index contributed by atoms with van der Waals surface area (Å²) in [5.74, 6) is -0.280. The van der Waals surface area contributed by atoms with Crippen LogP contribution < -0.4 is 11.1 Å². The van der Waals surface area contributed by atoms with Gasteiger partial charge in [0.05, 0.1) is 0 Å². The fourth-order valence-corrected chi connectivity index (χ4v) is 2.09. The first kappa shape index (κ1) is 12.6. The van der Waals surface area contributed by atoms with E-state index < -0.39 is 0 Å². The number of hydrogen-bond donors (Lipinski definition) is 2. The van der Waals surface area contributed by atoms with Gasteiger partial charge in [-0.1, -0.05) is 17.4 Å². The first-order valence-corrected chi connectivity index (χ1v) is 6.36. The van der Waals surface area contributed by atoms with Crippen LogP contribution in [0.5, 0.6) is 0 Å². The molecule has 0 spiro atoms. The molecular weight excluding hydrogens is 250 g/mol. The monoisotopic (exact) mass is 263 g/mol. The number of aryl methyl sites for hydroxylation is 1. The van der Waals surface area contributed by atoms with E-state index in [-0.39, 0.29) is 5.91 Å². The number of aromatic nitrogens is 3. The Morgan fingerprint density at radius 2 is 2.28 bits per heavy atom. The molecule has 0 aliphatic heterocycles. The fourth-order valence-electron chi connectivity index (χ4n) is 1.32. The number of rotatable bonds is 5. The standard InChI is InChI=1S/C11H13N5OS/c12-6-3-5-9-15-16-11(18-9)14-10(17)8-4-1-2-7-13-8/h1-2,4,7H,3,5-6,12H2,(H,14,16,17). The molecule has 2 aromatic heterocycles. The lowest BCUT2D eigenvalue weighted by Crippen LogP contribution is -2.13. The molecule has 0 aromatic carbocycles. The molecular formula is C11H13N5OS. The van der Waals surface area contributed by atoms with Crippen molar-refractivity contribution >= 4 is 22.4 Å². The molecule has 0 saturated heterocycles. The summed E-state index contributed by atoms with van der Waals surface area (Å²) in [7, 11) is 0. The molecule has 2 rings (SSSR count). The smallest absolute Gasteiger partial charge is 0.276 e. The van der Waals surface area contributed by atoms with Crippen molar-refractivity contribution in [1.29, 1.82) is 0 Å². The number of pyridine rings is 1. The van der Waals surface area contributed by atoms with Gasteiger partial charge in [-0.25, -0.2) is 0 Å². The molecule has 1 amide bonds. The van der Waals surface area contributed by atoms with Gasteiger partial charge in [0.1, 0.15) is 10.7 Å². The number of hydrogen-bond acceptors (Lipinski definition) is 6. The van der Waals surface area contributed by atoms with Crippen LogP contribution in [-0.2, 0) is 6.42 Å². The lowest BCUT2D eigenvalue weighted by Gasteiger charge is -1.98. The minimum Gasteiger partial charge on any atom is -0.330 e. The van der Waals surface area contributed by atoms with Crippen LogP contribution in [0.1, 0.15) is 21.9 Å². The number of carbonyl (C=O) groups is 1. The van der Waals surface area contributed by atoms with Crippen LogP contribution in [0.3, 0.4) is 0 Å². The third-order valence-corrected chi connectivity index (χ3v) is 3.08. The van der Waals surface area contributed by atoms with Crippen LogP contribution in [0.25, 0.3) is 0 Å². The third kappa shape index (κ3) is 3.31. The van der Waals surface area contributed by atoms with Crippen LogP contribution in [0, 0.1) is 0 Å². The maximum Gasteiger partial charge on any atom is 0.276 e. The van der Waals surface area contributed by atoms with Gasteiger partial charge in [-0.3, -0.25) is 15.1 Å². The summed E-state index contributed by atoms with van der Waals surface area (Å²) < 4.78 is 0. The third-order valence-electron chi connectivity index (χ3n) is 2.18. The Morgan fingerprint density at radius 1 is 1.39 bits per heavy atom. The maximum atomic E-state index is 11.8. The van der Waals surface area contributed by atoms with Crippen LogP contribution in [0.4, 0.5) is 5.13 Å². The van der Waals surface area contributed by atoms with Gasteiger partial charge in [0.2, 0.25) is 5.13 Å². The number of amides is 1. The quantitative estimate of drug-likeness (QED) is 0.841. The summed E-state index contributed by atoms with van der Waals surface area (Å²) in [5, 5.41) is 11.9. The van der Waals surface area contributed by atoms with Gasteiger partial charge < -0.3 is 5.73 Å². The van der Waals surface area contributed by atoms with E-state index in [9.17, 15) is 4.79 Å². The first-order chi connectivity index (χ1) is 8.79. The predicted octanol–water partition coefficient (Wildman–Crippen LogP) is 1.08. The van der Waals surface area contributed by atoms with Gasteiger partial charge in [-0.15, -0.1) is 10.2 Å². The molecule has 0 bridgehead atoms. The van der Waals surface area contributed by atoms with Crippen LogP contribution in [-0.4, -0.2) is 27.6 Å². The topological polar surface area (TPSA) is 93.8 Å². The van der Waals surface area contributed by atoms with E-state index in [0.717, 1.165) is 17.8 Å². The van der Waals surface area contributed by atoms with Gasteiger partial charge >= 0.3 is 0 Å². The van der Waals surface area contributed by atoms with Crippen molar-refractivity contribution in [2.24, 2.45) is 5.73 Å². The molecule has 6 nitrogen and oxygen atoms in total. The molecule has 3 N–H and O–H groups in total.